The van der Waals surface area contributed by atoms with Crippen LogP contribution in [0.2, 0.25) is 0 Å². The summed E-state index contributed by atoms with van der Waals surface area (Å²) in [7, 11) is 0. The number of hydrogen-bond donors (Lipinski definition) is 1. The summed E-state index contributed by atoms with van der Waals surface area (Å²) >= 11 is 3.94. The molecule has 2 aromatic rings. The molecule has 1 atom stereocenters. The van der Waals surface area contributed by atoms with Crippen molar-refractivity contribution in [2.75, 3.05) is 4.90 Å². The summed E-state index contributed by atoms with van der Waals surface area (Å²) in [6.07, 6.45) is -6.89. The van der Waals surface area contributed by atoms with Crippen molar-refractivity contribution in [1.82, 2.24) is 19.9 Å². The topological polar surface area (TPSA) is 160 Å². The van der Waals surface area contributed by atoms with Gasteiger partial charge in [-0.15, -0.1) is 4.41 Å². The number of nitrogens with zero attached hydrogens (tertiary/aromatic N) is 5. The molecule has 264 valence electrons. The molecule has 49 heavy (non-hydrogen) atoms. The Hall–Kier alpha value is -4.51. The van der Waals surface area contributed by atoms with Crippen molar-refractivity contribution in [3.63, 3.8) is 0 Å². The van der Waals surface area contributed by atoms with Crippen LogP contribution in [0.4, 0.5) is 24.9 Å². The van der Waals surface area contributed by atoms with Crippen LogP contribution in [-0.4, -0.2) is 74.3 Å². The monoisotopic (exact) mass is 762 g/mol. The lowest BCUT2D eigenvalue weighted by molar-refractivity contribution is -0.134. The molecule has 17 heteroatoms. The first-order valence-electron chi connectivity index (χ1n) is 15.5. The number of rotatable bonds is 6. The molecule has 4 rings (SSSR count). The van der Waals surface area contributed by atoms with E-state index in [1.54, 1.807) is 73.6 Å². The van der Waals surface area contributed by atoms with E-state index >= 15 is 0 Å². The zero-order valence-electron chi connectivity index (χ0n) is 28.3. The van der Waals surface area contributed by atoms with Crippen molar-refractivity contribution < 1.29 is 42.9 Å². The molecule has 2 aliphatic heterocycles. The fraction of sp³-hybridized carbons (Fsp3) is 0.438. The van der Waals surface area contributed by atoms with Crippen molar-refractivity contribution >= 4 is 69.0 Å². The molecule has 2 aromatic carbocycles. The van der Waals surface area contributed by atoms with E-state index in [0.717, 1.165) is 10.6 Å². The van der Waals surface area contributed by atoms with Crippen LogP contribution in [0.25, 0.3) is 0 Å². The predicted molar refractivity (Wildman–Crippen MR) is 184 cm³/mol. The van der Waals surface area contributed by atoms with E-state index in [9.17, 15) is 24.0 Å². The number of carbonyl (C=O) groups is 5. The SMILES string of the molecule is CC(C)OC(=O)NN(SC1=NC2(C(=O)N(Cc3ccccc3)c3cccc(Br)c32)N(C(=O)OC(C)C)N1C(=O)OC(C)C)C(=O)OC(C)C. The van der Waals surface area contributed by atoms with Gasteiger partial charge in [0.2, 0.25) is 5.17 Å². The highest BCUT2D eigenvalue weighted by molar-refractivity contribution is 9.10. The van der Waals surface area contributed by atoms with Crippen LogP contribution in [0.3, 0.4) is 0 Å². The number of amides is 5. The summed E-state index contributed by atoms with van der Waals surface area (Å²) < 4.78 is 22.7. The average molecular weight is 764 g/mol. The molecule has 1 unspecified atom stereocenters. The van der Waals surface area contributed by atoms with Gasteiger partial charge in [0.15, 0.2) is 0 Å². The number of benzene rings is 2. The van der Waals surface area contributed by atoms with Crippen LogP contribution in [0.1, 0.15) is 66.5 Å². The van der Waals surface area contributed by atoms with E-state index in [1.165, 1.54) is 4.90 Å². The van der Waals surface area contributed by atoms with Gasteiger partial charge in [0.1, 0.15) is 0 Å². The summed E-state index contributed by atoms with van der Waals surface area (Å²) in [6.45, 7) is 12.9. The molecule has 0 bridgehead atoms. The number of aliphatic imine (C=N–C) groups is 1. The van der Waals surface area contributed by atoms with Crippen molar-refractivity contribution in [2.45, 2.75) is 92.0 Å². The summed E-state index contributed by atoms with van der Waals surface area (Å²) in [5.41, 5.74) is 1.40. The number of hydrogen-bond acceptors (Lipinski definition) is 11. The van der Waals surface area contributed by atoms with E-state index in [-0.39, 0.29) is 12.1 Å². The third kappa shape index (κ3) is 8.04. The first-order chi connectivity index (χ1) is 23.1. The lowest BCUT2D eigenvalue weighted by Crippen LogP contribution is -2.60. The second kappa shape index (κ2) is 15.4. The molecule has 2 heterocycles. The minimum Gasteiger partial charge on any atom is -0.446 e. The lowest BCUT2D eigenvalue weighted by Gasteiger charge is -2.36. The molecule has 0 aliphatic carbocycles. The second-order valence-electron chi connectivity index (χ2n) is 12.0. The molecule has 0 saturated heterocycles. The van der Waals surface area contributed by atoms with Crippen molar-refractivity contribution in [1.29, 1.82) is 0 Å². The van der Waals surface area contributed by atoms with Crippen LogP contribution < -0.4 is 10.3 Å². The Morgan fingerprint density at radius 2 is 1.43 bits per heavy atom. The third-order valence-corrected chi connectivity index (χ3v) is 8.04. The summed E-state index contributed by atoms with van der Waals surface area (Å²) in [6, 6.07) is 14.3. The Bertz CT molecular complexity index is 1620. The number of amidine groups is 1. The molecule has 5 amide bonds. The number of anilines is 1. The average Bonchev–Trinajstić information content (AvgIpc) is 3.44. The lowest BCUT2D eigenvalue weighted by atomic mass is 10.0. The van der Waals surface area contributed by atoms with E-state index < -0.39 is 65.5 Å². The van der Waals surface area contributed by atoms with E-state index in [0.29, 0.717) is 31.5 Å². The highest BCUT2D eigenvalue weighted by Crippen LogP contribution is 2.53. The minimum atomic E-state index is -2.28. The quantitative estimate of drug-likeness (QED) is 0.191. The van der Waals surface area contributed by atoms with E-state index in [4.69, 9.17) is 23.9 Å². The maximum absolute atomic E-state index is 14.9. The molecule has 1 N–H and O–H groups in total. The highest BCUT2D eigenvalue weighted by Gasteiger charge is 2.66. The smallest absolute Gasteiger partial charge is 0.440 e. The van der Waals surface area contributed by atoms with Crippen LogP contribution in [-0.2, 0) is 35.9 Å². The minimum absolute atomic E-state index is 0.0851. The summed E-state index contributed by atoms with van der Waals surface area (Å²) in [5, 5.41) is 1.08. The standard InChI is InChI=1S/C32H39BrN6O9S/c1-18(2)45-28(41)35-39(31(44)48-21(7)8)49-27-34-32(38(30(43)47-20(5)6)37(27)29(42)46-19(3)4)25-23(33)15-12-16-24(25)36(26(32)40)17-22-13-10-9-11-14-22/h9-16,18-21H,17H2,1-8H3,(H,35,41). The van der Waals surface area contributed by atoms with Crippen LogP contribution in [0.15, 0.2) is 58.0 Å². The Labute approximate surface area is 297 Å². The highest BCUT2D eigenvalue weighted by atomic mass is 79.9. The van der Waals surface area contributed by atoms with Gasteiger partial charge in [-0.1, -0.05) is 52.3 Å². The number of ether oxygens (including phenoxy) is 4. The molecule has 0 fully saturated rings. The number of fused-ring (bicyclic) bond motifs is 2. The molecular weight excluding hydrogens is 724 g/mol. The molecule has 2 aliphatic rings. The van der Waals surface area contributed by atoms with Gasteiger partial charge in [0, 0.05) is 10.0 Å². The predicted octanol–water partition coefficient (Wildman–Crippen LogP) is 6.67. The van der Waals surface area contributed by atoms with Gasteiger partial charge >= 0.3 is 24.4 Å². The molecule has 0 saturated carbocycles. The number of halogens is 1. The Morgan fingerprint density at radius 3 is 2.02 bits per heavy atom. The Kier molecular flexibility index (Phi) is 11.7. The van der Waals surface area contributed by atoms with Gasteiger partial charge in [-0.2, -0.15) is 10.0 Å². The second-order valence-corrected chi connectivity index (χ2v) is 13.7. The number of hydrazine groups is 2. The zero-order valence-corrected chi connectivity index (χ0v) is 30.7. The summed E-state index contributed by atoms with van der Waals surface area (Å²) in [4.78, 5) is 75.2. The van der Waals surface area contributed by atoms with E-state index in [1.807, 2.05) is 30.3 Å². The first kappa shape index (κ1) is 37.3. The maximum atomic E-state index is 14.9. The summed E-state index contributed by atoms with van der Waals surface area (Å²) in [5.74, 6) is -0.708. The van der Waals surface area contributed by atoms with Gasteiger partial charge in [0.05, 0.1) is 48.6 Å². The van der Waals surface area contributed by atoms with Gasteiger partial charge in [-0.05, 0) is 73.1 Å². The van der Waals surface area contributed by atoms with Crippen molar-refractivity contribution in [3.05, 3.63) is 64.1 Å². The van der Waals surface area contributed by atoms with Crippen LogP contribution >= 0.6 is 27.9 Å². The van der Waals surface area contributed by atoms with Gasteiger partial charge in [0.25, 0.3) is 11.6 Å². The van der Waals surface area contributed by atoms with Gasteiger partial charge in [-0.3, -0.25) is 4.79 Å². The maximum Gasteiger partial charge on any atom is 0.440 e. The number of carbonyl (C=O) groups excluding carboxylic acids is 5. The van der Waals surface area contributed by atoms with Gasteiger partial charge in [-0.25, -0.2) is 29.6 Å². The van der Waals surface area contributed by atoms with Crippen LogP contribution in [0, 0.1) is 0 Å². The van der Waals surface area contributed by atoms with Crippen molar-refractivity contribution in [2.24, 2.45) is 4.99 Å². The molecule has 15 nitrogen and oxygen atoms in total. The fourth-order valence-electron chi connectivity index (χ4n) is 4.87. The third-order valence-electron chi connectivity index (χ3n) is 6.53. The molecule has 0 aromatic heterocycles. The Balaban J connectivity index is 1.97. The normalized spacial score (nSPS) is 16.8. The fourth-order valence-corrected chi connectivity index (χ4v) is 6.31. The Morgan fingerprint density at radius 1 is 0.837 bits per heavy atom. The van der Waals surface area contributed by atoms with Gasteiger partial charge < -0.3 is 23.8 Å². The largest absolute Gasteiger partial charge is 0.446 e. The van der Waals surface area contributed by atoms with E-state index in [2.05, 4.69) is 21.4 Å². The number of nitrogens with one attached hydrogen (secondary N) is 1. The molecule has 1 spiro atoms. The molecular formula is C32H39BrN6O9S. The molecule has 0 radical (unpaired) electrons. The first-order valence-corrected chi connectivity index (χ1v) is 17.1. The van der Waals surface area contributed by atoms with Crippen molar-refractivity contribution in [3.8, 4) is 0 Å². The zero-order chi connectivity index (χ0) is 36.2. The van der Waals surface area contributed by atoms with Crippen LogP contribution in [0.5, 0.6) is 0 Å².